The molecule has 0 spiro atoms. The van der Waals surface area contributed by atoms with Crippen LogP contribution in [0.15, 0.2) is 24.3 Å². The molecule has 0 aliphatic carbocycles. The number of aromatic nitrogens is 2. The number of fused-ring (bicyclic) bond motifs is 1. The third-order valence-corrected chi connectivity index (χ3v) is 4.84. The Kier molecular flexibility index (Phi) is 4.88. The molecule has 3 rings (SSSR count). The second-order valence-corrected chi connectivity index (χ2v) is 6.55. The van der Waals surface area contributed by atoms with E-state index in [0.717, 1.165) is 34.6 Å². The number of benzene rings is 1. The molecule has 1 aromatic heterocycles. The number of nitrogens with zero attached hydrogens (tertiary/aromatic N) is 2. The van der Waals surface area contributed by atoms with Crippen molar-refractivity contribution in [2.24, 2.45) is 0 Å². The average Bonchev–Trinajstić information content (AvgIpc) is 2.91. The van der Waals surface area contributed by atoms with Crippen LogP contribution in [-0.2, 0) is 16.0 Å². The minimum absolute atomic E-state index is 0.0241. The maximum atomic E-state index is 12.4. The van der Waals surface area contributed by atoms with Crippen molar-refractivity contribution in [2.75, 3.05) is 11.4 Å². The number of para-hydroxylation sites is 1. The molecule has 2 heterocycles. The molecule has 1 aliphatic rings. The van der Waals surface area contributed by atoms with Crippen LogP contribution >= 0.6 is 0 Å². The highest BCUT2D eigenvalue weighted by atomic mass is 16.2. The number of aromatic amines is 1. The third-order valence-electron chi connectivity index (χ3n) is 4.84. The molecule has 132 valence electrons. The first-order chi connectivity index (χ1) is 12.0. The number of carbonyl (C=O) groups is 2. The van der Waals surface area contributed by atoms with Gasteiger partial charge in [0.1, 0.15) is 0 Å². The molecule has 0 saturated carbocycles. The molecular formula is C19H24N4O2. The van der Waals surface area contributed by atoms with Crippen LogP contribution in [0.5, 0.6) is 0 Å². The van der Waals surface area contributed by atoms with Crippen molar-refractivity contribution in [3.63, 3.8) is 0 Å². The van der Waals surface area contributed by atoms with Gasteiger partial charge in [-0.25, -0.2) is 0 Å². The zero-order valence-corrected chi connectivity index (χ0v) is 14.9. The van der Waals surface area contributed by atoms with Gasteiger partial charge in [-0.3, -0.25) is 14.7 Å². The summed E-state index contributed by atoms with van der Waals surface area (Å²) < 4.78 is 0. The van der Waals surface area contributed by atoms with E-state index in [-0.39, 0.29) is 17.9 Å². The van der Waals surface area contributed by atoms with Crippen molar-refractivity contribution >= 4 is 17.5 Å². The summed E-state index contributed by atoms with van der Waals surface area (Å²) in [5.74, 6) is 0.0548. The normalized spacial score (nSPS) is 16.4. The topological polar surface area (TPSA) is 78.1 Å². The number of hydrogen-bond donors (Lipinski definition) is 2. The third kappa shape index (κ3) is 3.57. The lowest BCUT2D eigenvalue weighted by atomic mass is 9.96. The summed E-state index contributed by atoms with van der Waals surface area (Å²) in [6, 6.07) is 7.74. The first kappa shape index (κ1) is 17.2. The quantitative estimate of drug-likeness (QED) is 0.898. The average molecular weight is 340 g/mol. The highest BCUT2D eigenvalue weighted by molar-refractivity contribution is 5.93. The zero-order chi connectivity index (χ0) is 18.0. The Morgan fingerprint density at radius 2 is 2.08 bits per heavy atom. The van der Waals surface area contributed by atoms with E-state index in [1.807, 2.05) is 38.1 Å². The van der Waals surface area contributed by atoms with Gasteiger partial charge in [0, 0.05) is 31.3 Å². The van der Waals surface area contributed by atoms with Crippen LogP contribution in [0.1, 0.15) is 48.3 Å². The first-order valence-corrected chi connectivity index (χ1v) is 8.64. The number of amides is 2. The van der Waals surface area contributed by atoms with Crippen molar-refractivity contribution < 1.29 is 9.59 Å². The lowest BCUT2D eigenvalue weighted by molar-refractivity contribution is -0.121. The van der Waals surface area contributed by atoms with Crippen molar-refractivity contribution in [2.45, 2.75) is 46.1 Å². The lowest BCUT2D eigenvalue weighted by Crippen LogP contribution is -2.40. The number of hydrogen-bond acceptors (Lipinski definition) is 3. The predicted molar refractivity (Wildman–Crippen MR) is 96.4 cm³/mol. The Balaban J connectivity index is 1.67. The molecular weight excluding hydrogens is 316 g/mol. The highest BCUT2D eigenvalue weighted by Crippen LogP contribution is 2.33. The van der Waals surface area contributed by atoms with E-state index in [9.17, 15) is 9.59 Å². The number of carbonyl (C=O) groups excluding carboxylic acids is 2. The van der Waals surface area contributed by atoms with Gasteiger partial charge >= 0.3 is 0 Å². The monoisotopic (exact) mass is 340 g/mol. The van der Waals surface area contributed by atoms with Crippen LogP contribution in [0, 0.1) is 13.8 Å². The second kappa shape index (κ2) is 7.09. The molecule has 25 heavy (non-hydrogen) atoms. The molecule has 0 saturated heterocycles. The molecule has 6 nitrogen and oxygen atoms in total. The van der Waals surface area contributed by atoms with Gasteiger partial charge in [0.05, 0.1) is 11.7 Å². The Bertz CT molecular complexity index is 777. The molecule has 2 aromatic rings. The second-order valence-electron chi connectivity index (χ2n) is 6.55. The summed E-state index contributed by atoms with van der Waals surface area (Å²) in [4.78, 5) is 26.0. The summed E-state index contributed by atoms with van der Waals surface area (Å²) in [6.45, 7) is 6.12. The smallest absolute Gasteiger partial charge is 0.223 e. The standard InChI is InChI=1S/C19H24N4O2/c1-12-15(13(2)22-21-12)8-9-19(25)20-17-10-11-23(14(3)24)18-7-5-4-6-16(17)18/h4-7,17H,8-11H2,1-3H3,(H,20,25)(H,21,22). The van der Waals surface area contributed by atoms with Gasteiger partial charge in [-0.2, -0.15) is 5.10 Å². The molecule has 1 unspecified atom stereocenters. The maximum Gasteiger partial charge on any atom is 0.223 e. The number of H-pyrrole nitrogens is 1. The minimum atomic E-state index is -0.0501. The Morgan fingerprint density at radius 1 is 1.32 bits per heavy atom. The van der Waals surface area contributed by atoms with Crippen LogP contribution in [0.25, 0.3) is 0 Å². The van der Waals surface area contributed by atoms with Gasteiger partial charge in [-0.05, 0) is 43.9 Å². The van der Waals surface area contributed by atoms with Crippen molar-refractivity contribution in [3.05, 3.63) is 46.8 Å². The Hall–Kier alpha value is -2.63. The molecule has 1 aliphatic heterocycles. The van der Waals surface area contributed by atoms with Gasteiger partial charge in [0.2, 0.25) is 11.8 Å². The van der Waals surface area contributed by atoms with Crippen LogP contribution in [-0.4, -0.2) is 28.6 Å². The van der Waals surface area contributed by atoms with Gasteiger partial charge in [0.15, 0.2) is 0 Å². The predicted octanol–water partition coefficient (Wildman–Crippen LogP) is 2.57. The largest absolute Gasteiger partial charge is 0.349 e. The number of anilines is 1. The SMILES string of the molecule is CC(=O)N1CCC(NC(=O)CCc2c(C)n[nH]c2C)c2ccccc21. The molecule has 2 amide bonds. The molecule has 6 heteroatoms. The van der Waals surface area contributed by atoms with E-state index in [4.69, 9.17) is 0 Å². The highest BCUT2D eigenvalue weighted by Gasteiger charge is 2.27. The van der Waals surface area contributed by atoms with E-state index in [2.05, 4.69) is 15.5 Å². The fourth-order valence-electron chi connectivity index (χ4n) is 3.49. The van der Waals surface area contributed by atoms with Crippen molar-refractivity contribution in [3.8, 4) is 0 Å². The molecule has 1 aromatic carbocycles. The van der Waals surface area contributed by atoms with Gasteiger partial charge in [-0.1, -0.05) is 18.2 Å². The van der Waals surface area contributed by atoms with Gasteiger partial charge < -0.3 is 10.2 Å². The minimum Gasteiger partial charge on any atom is -0.349 e. The van der Waals surface area contributed by atoms with Crippen LogP contribution in [0.2, 0.25) is 0 Å². The molecule has 1 atom stereocenters. The fraction of sp³-hybridized carbons (Fsp3) is 0.421. The number of nitrogens with one attached hydrogen (secondary N) is 2. The van der Waals surface area contributed by atoms with E-state index in [0.29, 0.717) is 19.4 Å². The summed E-state index contributed by atoms with van der Waals surface area (Å²) in [6.07, 6.45) is 1.83. The van der Waals surface area contributed by atoms with E-state index >= 15 is 0 Å². The van der Waals surface area contributed by atoms with Gasteiger partial charge in [0.25, 0.3) is 0 Å². The maximum absolute atomic E-state index is 12.4. The number of rotatable bonds is 4. The Morgan fingerprint density at radius 3 is 2.76 bits per heavy atom. The molecule has 0 bridgehead atoms. The van der Waals surface area contributed by atoms with E-state index < -0.39 is 0 Å². The van der Waals surface area contributed by atoms with Crippen LogP contribution in [0.4, 0.5) is 5.69 Å². The summed E-state index contributed by atoms with van der Waals surface area (Å²) >= 11 is 0. The number of aryl methyl sites for hydroxylation is 2. The van der Waals surface area contributed by atoms with Crippen molar-refractivity contribution in [1.82, 2.24) is 15.5 Å². The van der Waals surface area contributed by atoms with Gasteiger partial charge in [-0.15, -0.1) is 0 Å². The zero-order valence-electron chi connectivity index (χ0n) is 14.9. The summed E-state index contributed by atoms with van der Waals surface area (Å²) in [5.41, 5.74) is 4.99. The van der Waals surface area contributed by atoms with Crippen molar-refractivity contribution in [1.29, 1.82) is 0 Å². The fourth-order valence-corrected chi connectivity index (χ4v) is 3.49. The summed E-state index contributed by atoms with van der Waals surface area (Å²) in [5, 5.41) is 10.2. The van der Waals surface area contributed by atoms with Crippen LogP contribution in [0.3, 0.4) is 0 Å². The molecule has 0 radical (unpaired) electrons. The van der Waals surface area contributed by atoms with Crippen LogP contribution < -0.4 is 10.2 Å². The molecule has 2 N–H and O–H groups in total. The Labute approximate surface area is 147 Å². The lowest BCUT2D eigenvalue weighted by Gasteiger charge is -2.34. The first-order valence-electron chi connectivity index (χ1n) is 8.64. The summed E-state index contributed by atoms with van der Waals surface area (Å²) in [7, 11) is 0. The van der Waals surface area contributed by atoms with E-state index in [1.165, 1.54) is 0 Å². The molecule has 0 fully saturated rings. The van der Waals surface area contributed by atoms with E-state index in [1.54, 1.807) is 11.8 Å².